The number of carbonyl (C=O) groups excluding carboxylic acids is 2. The first-order chi connectivity index (χ1) is 65.0. The molecule has 716 valence electrons. The number of nitrogens with one attached hydrogen (secondary N) is 8. The average molecular weight is 2130 g/mol. The van der Waals surface area contributed by atoms with Crippen LogP contribution in [-0.2, 0) is 21.8 Å². The Labute approximate surface area is 830 Å². The molecule has 12 rings (SSSR count). The summed E-state index contributed by atoms with van der Waals surface area (Å²) in [7, 11) is 2.24. The second kappa shape index (κ2) is 47.3. The van der Waals surface area contributed by atoms with Gasteiger partial charge in [0.1, 0.15) is 45.3 Å². The molecule has 36 nitrogen and oxygen atoms in total. The van der Waals surface area contributed by atoms with E-state index in [-0.39, 0.29) is 77.3 Å². The Morgan fingerprint density at radius 3 is 0.790 bits per heavy atom. The normalized spacial score (nSPS) is 11.4. The summed E-state index contributed by atoms with van der Waals surface area (Å²) in [6.07, 6.45) is -8.93. The molecule has 8 aromatic carbocycles. The minimum absolute atomic E-state index is 0.00569. The second-order valence-corrected chi connectivity index (χ2v) is 34.1. The molecule has 0 amide bonds. The van der Waals surface area contributed by atoms with Gasteiger partial charge in [0, 0.05) is 68.5 Å². The number of halogens is 10. The quantitative estimate of drug-likeness (QED) is 0.00667. The highest BCUT2D eigenvalue weighted by atomic mass is 35.5. The lowest BCUT2D eigenvalue weighted by molar-refractivity contribution is -0.385. The molecular weight excluding hydrogens is 2070 g/mol. The Morgan fingerprint density at radius 2 is 0.572 bits per heavy atom. The van der Waals surface area contributed by atoms with Gasteiger partial charge >= 0.3 is 36.2 Å². The minimum atomic E-state index is -4.47. The van der Waals surface area contributed by atoms with E-state index < -0.39 is 101 Å². The van der Waals surface area contributed by atoms with E-state index in [0.29, 0.717) is 107 Å². The number of hydrogen-bond donors (Lipinski definition) is 14. The van der Waals surface area contributed by atoms with E-state index >= 15 is 0 Å². The number of nitro benzene ring substituents is 4. The zero-order chi connectivity index (χ0) is 102. The van der Waals surface area contributed by atoms with Gasteiger partial charge in [-0.05, 0) is 196 Å². The van der Waals surface area contributed by atoms with Crippen molar-refractivity contribution in [1.29, 1.82) is 0 Å². The number of nitro groups is 4. The van der Waals surface area contributed by atoms with Crippen molar-refractivity contribution in [3.63, 3.8) is 0 Å². The van der Waals surface area contributed by atoms with Gasteiger partial charge in [-0.2, -0.15) is 46.7 Å². The van der Waals surface area contributed by atoms with Crippen LogP contribution in [0, 0.1) is 40.5 Å². The summed E-state index contributed by atoms with van der Waals surface area (Å²) in [5.74, 6) is -4.83. The van der Waals surface area contributed by atoms with Crippen LogP contribution in [0.15, 0.2) is 200 Å². The van der Waals surface area contributed by atoms with E-state index in [2.05, 4.69) is 72.8 Å². The lowest BCUT2D eigenvalue weighted by Gasteiger charge is -2.09. The van der Waals surface area contributed by atoms with Gasteiger partial charge in [0.25, 0.3) is 22.7 Å². The third-order valence-electron chi connectivity index (χ3n) is 18.3. The second-order valence-electron chi connectivity index (χ2n) is 27.3. The molecule has 138 heavy (non-hydrogen) atoms. The number of carboxylic acids is 2. The smallest absolute Gasteiger partial charge is 0.416 e. The predicted octanol–water partition coefficient (Wildman–Crippen LogP) is 22.6. The number of carboxylic acid groups (broad SMARTS) is 2. The predicted molar refractivity (Wildman–Crippen MR) is 531 cm³/mol. The third-order valence-corrected chi connectivity index (χ3v) is 24.6. The maximum absolute atomic E-state index is 12.8. The number of benzene rings is 8. The maximum atomic E-state index is 12.8. The Morgan fingerprint density at radius 1 is 0.348 bits per heavy atom. The number of rotatable bonds is 24. The third kappa shape index (κ3) is 27.9. The number of aromatic hydroxyl groups is 4. The summed E-state index contributed by atoms with van der Waals surface area (Å²) in [6.45, 7) is 6.46. The molecule has 0 bridgehead atoms. The number of methoxy groups -OCH3 is 2. The van der Waals surface area contributed by atoms with Crippen LogP contribution < -0.4 is 43.0 Å². The number of alkyl halides is 6. The van der Waals surface area contributed by atoms with Gasteiger partial charge < -0.3 is 61.4 Å². The first-order valence-electron chi connectivity index (χ1n) is 37.7. The molecule has 54 heteroatoms. The number of anilines is 4. The number of carbonyl (C=O) groups is 4. The van der Waals surface area contributed by atoms with Gasteiger partial charge in [-0.15, -0.1) is 45.3 Å². The molecule has 0 saturated carbocycles. The summed E-state index contributed by atoms with van der Waals surface area (Å²) in [5, 5.41) is 141. The number of nitrogens with zero attached hydrogens (tertiary/aromatic N) is 8. The van der Waals surface area contributed by atoms with Crippen molar-refractivity contribution in [3.8, 4) is 64.8 Å². The van der Waals surface area contributed by atoms with Crippen LogP contribution in [-0.4, -0.2) is 132 Å². The van der Waals surface area contributed by atoms with Crippen LogP contribution in [0.1, 0.15) is 103 Å². The topological polar surface area (TPSA) is 526 Å². The summed E-state index contributed by atoms with van der Waals surface area (Å²) >= 11 is 49.4. The van der Waals surface area contributed by atoms with Crippen molar-refractivity contribution in [2.75, 3.05) is 35.5 Å². The molecule has 0 spiro atoms. The van der Waals surface area contributed by atoms with Gasteiger partial charge in [-0.1, -0.05) is 82.8 Å². The number of hydrogen-bond acceptors (Lipinski definition) is 30. The summed E-state index contributed by atoms with van der Waals surface area (Å²) < 4.78 is 85.7. The fourth-order valence-corrected chi connectivity index (χ4v) is 16.8. The molecule has 4 aromatic heterocycles. The molecule has 0 aliphatic heterocycles. The molecule has 0 atom stereocenters. The molecule has 0 aliphatic rings. The van der Waals surface area contributed by atoms with Crippen LogP contribution in [0.4, 0.5) is 71.8 Å². The molecule has 0 saturated heterocycles. The lowest BCUT2D eigenvalue weighted by atomic mass is 10.1. The molecule has 0 fully saturated rings. The summed E-state index contributed by atoms with van der Waals surface area (Å²) in [4.78, 5) is 89.2. The van der Waals surface area contributed by atoms with Crippen LogP contribution in [0.3, 0.4) is 0 Å². The van der Waals surface area contributed by atoms with E-state index in [4.69, 9.17) is 105 Å². The Hall–Kier alpha value is -14.6. The highest BCUT2D eigenvalue weighted by molar-refractivity contribution is 7.81. The molecule has 12 aromatic rings. The van der Waals surface area contributed by atoms with E-state index in [0.717, 1.165) is 97.6 Å². The molecular formula is C84H62Cl4F6N16O20S8. The van der Waals surface area contributed by atoms with E-state index in [9.17, 15) is 106 Å². The minimum Gasteiger partial charge on any atom is -0.506 e. The highest BCUT2D eigenvalue weighted by Crippen LogP contribution is 2.46. The Kier molecular flexibility index (Phi) is 36.7. The molecule has 0 radical (unpaired) electrons. The SMILES string of the molecule is C/C(=N\NC(=S)Nc1ccc(C(=O)O)c([N+](=O)[O-])c1)c1csc(-c2ccc(C(F)(F)F)cc2)c1O.C/C(=N\NC(=S)Nc1ccc(C(=O)O)c([N+](=O)[O-])c1)c1csc(-c2ccc(Cl)c(Cl)c2)c1O.COC(=O)c1ccc(NC(=S)N/N=C(\C)c2csc(-c3ccc(C(F)(F)F)cc3)c2O)cc1[N+](=O)[O-].COC(=O)c1ccc(NC(=S)N/N=C(\C)c2csc(-c3ccc(Cl)c(Cl)c3)c2O)cc1[N+](=O)[O-]. The fraction of sp³-hybridized carbons (Fsp3) is 0.0952. The van der Waals surface area contributed by atoms with Gasteiger partial charge in [0.2, 0.25) is 0 Å². The van der Waals surface area contributed by atoms with E-state index in [1.54, 1.807) is 85.6 Å². The van der Waals surface area contributed by atoms with Crippen LogP contribution in [0.25, 0.3) is 41.8 Å². The van der Waals surface area contributed by atoms with Crippen LogP contribution in [0.2, 0.25) is 20.1 Å². The molecule has 0 unspecified atom stereocenters. The molecule has 14 N–H and O–H groups in total. The summed E-state index contributed by atoms with van der Waals surface area (Å²) in [6, 6.07) is 33.3. The Bertz CT molecular complexity index is 6960. The van der Waals surface area contributed by atoms with Crippen molar-refractivity contribution >= 4 is 253 Å². The zero-order valence-corrected chi connectivity index (χ0v) is 79.9. The summed E-state index contributed by atoms with van der Waals surface area (Å²) in [5.41, 5.74) is 11.4. The van der Waals surface area contributed by atoms with Crippen molar-refractivity contribution in [1.82, 2.24) is 21.7 Å². The Balaban J connectivity index is 0.000000206. The monoisotopic (exact) mass is 2120 g/mol. The van der Waals surface area contributed by atoms with Crippen molar-refractivity contribution in [2.45, 2.75) is 40.0 Å². The lowest BCUT2D eigenvalue weighted by Crippen LogP contribution is -2.25. The standard InChI is InChI=1S/C22H17F3N4O5S2.C21H16Cl2N4O5S2.C21H15F3N4O5S2.C20H14Cl2N4O5S2/c1-11(16-10-36-19(18(16)30)12-3-5-13(6-4-12)22(23,24)25)27-28-21(35)26-14-7-8-15(20(31)34-2)17(9-14)29(32)33;1-10(14-9-34-19(18(14)28)11-3-6-15(22)16(23)7-11)25-26-21(33)24-12-4-5-13(20(29)32-2)17(8-12)27(30)31;1-10(15-9-35-18(17(15)29)11-2-4-12(5-3-11)21(22,23)24)26-27-20(34)25-13-6-7-14(19(30)31)16(8-13)28(32)33;1-9(13-8-33-18(17(13)27)10-2-5-14(21)15(22)6-10)24-25-20(32)23-11-3-4-12(19(28)29)16(7-11)26(30)31/h3-10,30H,1-2H3,(H2,26,28,35);3-9,28H,1-2H3,(H2,24,26,33);2-9,29H,1H3,(H,30,31)(H2,25,27,34);2-8,27H,1H3,(H,28,29)(H2,23,25,32)/b27-11+;25-10+;26-10+;24-9+. The van der Waals surface area contributed by atoms with Gasteiger partial charge in [-0.25, -0.2) is 19.2 Å². The number of thiocarbonyl (C=S) groups is 4. The van der Waals surface area contributed by atoms with Gasteiger partial charge in [-0.3, -0.25) is 62.2 Å². The van der Waals surface area contributed by atoms with Gasteiger partial charge in [0.15, 0.2) is 20.4 Å². The average Bonchev–Trinajstić information content (AvgIpc) is 1.79. The van der Waals surface area contributed by atoms with Crippen LogP contribution >= 0.6 is 141 Å². The first kappa shape index (κ1) is 107. The number of esters is 2. The highest BCUT2D eigenvalue weighted by Gasteiger charge is 2.33. The maximum Gasteiger partial charge on any atom is 0.416 e. The van der Waals surface area contributed by atoms with Crippen molar-refractivity contribution in [2.24, 2.45) is 20.4 Å². The molecule has 4 heterocycles. The molecule has 0 aliphatic carbocycles. The van der Waals surface area contributed by atoms with E-state index in [1.165, 1.54) is 83.3 Å². The number of hydrazone groups is 4. The number of aromatic carboxylic acids is 2. The fourth-order valence-electron chi connectivity index (χ4n) is 11.5. The van der Waals surface area contributed by atoms with E-state index in [1.807, 2.05) is 0 Å². The first-order valence-corrected chi connectivity index (χ1v) is 44.4. The zero-order valence-electron chi connectivity index (χ0n) is 70.3. The number of ether oxygens (including phenoxy) is 2. The van der Waals surface area contributed by atoms with Crippen molar-refractivity contribution in [3.05, 3.63) is 295 Å². The van der Waals surface area contributed by atoms with Crippen LogP contribution in [0.5, 0.6) is 23.0 Å². The number of thiophene rings is 4. The largest absolute Gasteiger partial charge is 0.506 e. The van der Waals surface area contributed by atoms with Gasteiger partial charge in [0.05, 0.1) is 130 Å². The van der Waals surface area contributed by atoms with Crippen molar-refractivity contribution < 1.29 is 105 Å².